The molecule has 0 bridgehead atoms. The minimum Gasteiger partial charge on any atom is -0.497 e. The number of rotatable bonds is 8. The van der Waals surface area contributed by atoms with E-state index in [-0.39, 0.29) is 17.9 Å². The molecule has 2 aromatic heterocycles. The highest BCUT2D eigenvalue weighted by Gasteiger charge is 2.20. The summed E-state index contributed by atoms with van der Waals surface area (Å²) in [5.74, 6) is 0.630. The smallest absolute Gasteiger partial charge is 0.254 e. The summed E-state index contributed by atoms with van der Waals surface area (Å²) < 4.78 is 5.19. The summed E-state index contributed by atoms with van der Waals surface area (Å²) >= 11 is 0. The summed E-state index contributed by atoms with van der Waals surface area (Å²) in [5, 5.41) is 12.8. The van der Waals surface area contributed by atoms with Gasteiger partial charge in [0.25, 0.3) is 5.91 Å². The highest BCUT2D eigenvalue weighted by atomic mass is 16.5. The molecule has 4 aromatic rings. The summed E-state index contributed by atoms with van der Waals surface area (Å²) in [6, 6.07) is 14.3. The quantitative estimate of drug-likeness (QED) is 0.327. The molecule has 0 fully saturated rings. The van der Waals surface area contributed by atoms with Crippen LogP contribution < -0.4 is 21.1 Å². The van der Waals surface area contributed by atoms with Crippen molar-refractivity contribution in [2.45, 2.75) is 6.42 Å². The number of nitrogens with two attached hydrogens (primary N) is 1. The number of methoxy groups -OCH3 is 1. The first kappa shape index (κ1) is 21.5. The Morgan fingerprint density at radius 1 is 1.12 bits per heavy atom. The SMILES string of the molecule is COc1cccc(CC(=O)Nc2ccc(-c3n[nH]c(Nc4cnccn4)c3C(N)=O)cc2)c1. The second-order valence-electron chi connectivity index (χ2n) is 7.06. The molecule has 0 aliphatic carbocycles. The average molecular weight is 443 g/mol. The molecule has 0 saturated carbocycles. The molecule has 0 aliphatic rings. The minimum atomic E-state index is -0.652. The van der Waals surface area contributed by atoms with E-state index >= 15 is 0 Å². The van der Waals surface area contributed by atoms with Crippen LogP contribution in [0.15, 0.2) is 67.1 Å². The van der Waals surface area contributed by atoms with Crippen LogP contribution in [0.1, 0.15) is 15.9 Å². The van der Waals surface area contributed by atoms with E-state index in [0.29, 0.717) is 34.3 Å². The molecule has 166 valence electrons. The van der Waals surface area contributed by atoms with Crippen molar-refractivity contribution in [3.63, 3.8) is 0 Å². The van der Waals surface area contributed by atoms with Crippen LogP contribution in [0.3, 0.4) is 0 Å². The molecule has 2 amide bonds. The molecule has 2 aromatic carbocycles. The van der Waals surface area contributed by atoms with Gasteiger partial charge in [0.05, 0.1) is 19.7 Å². The largest absolute Gasteiger partial charge is 0.497 e. The van der Waals surface area contributed by atoms with Crippen LogP contribution in [0.5, 0.6) is 5.75 Å². The number of hydrogen-bond donors (Lipinski definition) is 4. The highest BCUT2D eigenvalue weighted by molar-refractivity contribution is 6.04. The Hall–Kier alpha value is -4.73. The van der Waals surface area contributed by atoms with E-state index in [1.165, 1.54) is 18.6 Å². The number of primary amides is 1. The van der Waals surface area contributed by atoms with Gasteiger partial charge in [-0.1, -0.05) is 24.3 Å². The summed E-state index contributed by atoms with van der Waals surface area (Å²) in [5.41, 5.74) is 8.27. The molecular weight excluding hydrogens is 422 g/mol. The number of benzene rings is 2. The number of aromatic amines is 1. The third-order valence-electron chi connectivity index (χ3n) is 4.77. The number of ether oxygens (including phenoxy) is 1. The van der Waals surface area contributed by atoms with E-state index < -0.39 is 5.91 Å². The van der Waals surface area contributed by atoms with Crippen molar-refractivity contribution in [2.24, 2.45) is 5.73 Å². The molecule has 10 nitrogen and oxygen atoms in total. The standard InChI is InChI=1S/C23H21N7O3/c1-33-17-4-2-3-14(11-17)12-19(31)27-16-7-5-15(6-8-16)21-20(22(24)32)23(30-29-21)28-18-13-25-9-10-26-18/h2-11,13H,12H2,1H3,(H2,24,32)(H,27,31)(H2,26,28,29,30). The van der Waals surface area contributed by atoms with E-state index in [2.05, 4.69) is 30.8 Å². The van der Waals surface area contributed by atoms with Gasteiger partial charge >= 0.3 is 0 Å². The van der Waals surface area contributed by atoms with E-state index in [4.69, 9.17) is 10.5 Å². The number of aromatic nitrogens is 4. The molecule has 0 unspecified atom stereocenters. The second-order valence-corrected chi connectivity index (χ2v) is 7.06. The molecule has 33 heavy (non-hydrogen) atoms. The topological polar surface area (TPSA) is 148 Å². The third kappa shape index (κ3) is 5.13. The van der Waals surface area contributed by atoms with Gasteiger partial charge < -0.3 is 21.1 Å². The molecule has 10 heteroatoms. The maximum Gasteiger partial charge on any atom is 0.254 e. The fourth-order valence-corrected chi connectivity index (χ4v) is 3.26. The van der Waals surface area contributed by atoms with Gasteiger partial charge in [0, 0.05) is 23.6 Å². The van der Waals surface area contributed by atoms with Crippen LogP contribution in [-0.2, 0) is 11.2 Å². The van der Waals surface area contributed by atoms with Crippen molar-refractivity contribution in [1.29, 1.82) is 0 Å². The molecule has 0 atom stereocenters. The van der Waals surface area contributed by atoms with Crippen LogP contribution >= 0.6 is 0 Å². The first-order chi connectivity index (χ1) is 16.0. The lowest BCUT2D eigenvalue weighted by Crippen LogP contribution is -2.14. The first-order valence-corrected chi connectivity index (χ1v) is 9.98. The molecule has 4 rings (SSSR count). The van der Waals surface area contributed by atoms with Gasteiger partial charge in [-0.25, -0.2) is 4.98 Å². The molecular formula is C23H21N7O3. The maximum absolute atomic E-state index is 12.4. The Morgan fingerprint density at radius 2 is 1.94 bits per heavy atom. The summed E-state index contributed by atoms with van der Waals surface area (Å²) in [6.07, 6.45) is 4.77. The van der Waals surface area contributed by atoms with Crippen molar-refractivity contribution in [2.75, 3.05) is 17.7 Å². The fraction of sp³-hybridized carbons (Fsp3) is 0.0870. The van der Waals surface area contributed by atoms with Crippen LogP contribution in [0.4, 0.5) is 17.3 Å². The Labute approximate surface area is 189 Å². The number of H-pyrrole nitrogens is 1. The zero-order chi connectivity index (χ0) is 23.2. The predicted octanol–water partition coefficient (Wildman–Crippen LogP) is 2.90. The van der Waals surface area contributed by atoms with Crippen LogP contribution in [0.25, 0.3) is 11.3 Å². The Kier molecular flexibility index (Phi) is 6.26. The number of nitrogens with one attached hydrogen (secondary N) is 3. The van der Waals surface area contributed by atoms with Gasteiger partial charge in [-0.3, -0.25) is 19.7 Å². The lowest BCUT2D eigenvalue weighted by Gasteiger charge is -2.08. The van der Waals surface area contributed by atoms with Crippen molar-refractivity contribution >= 4 is 29.1 Å². The predicted molar refractivity (Wildman–Crippen MR) is 123 cm³/mol. The van der Waals surface area contributed by atoms with Crippen LogP contribution in [0, 0.1) is 0 Å². The molecule has 2 heterocycles. The van der Waals surface area contributed by atoms with Gasteiger partial charge in [-0.15, -0.1) is 0 Å². The number of carbonyl (C=O) groups is 2. The van der Waals surface area contributed by atoms with Crippen LogP contribution in [-0.4, -0.2) is 39.1 Å². The second kappa shape index (κ2) is 9.60. The van der Waals surface area contributed by atoms with E-state index in [9.17, 15) is 9.59 Å². The molecule has 0 aliphatic heterocycles. The fourth-order valence-electron chi connectivity index (χ4n) is 3.26. The Bertz CT molecular complexity index is 1270. The highest BCUT2D eigenvalue weighted by Crippen LogP contribution is 2.29. The Balaban J connectivity index is 1.48. The van der Waals surface area contributed by atoms with Crippen molar-refractivity contribution < 1.29 is 14.3 Å². The van der Waals surface area contributed by atoms with Gasteiger partial charge in [0.15, 0.2) is 0 Å². The van der Waals surface area contributed by atoms with Crippen molar-refractivity contribution in [3.8, 4) is 17.0 Å². The zero-order valence-electron chi connectivity index (χ0n) is 17.7. The zero-order valence-corrected chi connectivity index (χ0v) is 17.7. The molecule has 0 radical (unpaired) electrons. The minimum absolute atomic E-state index is 0.163. The van der Waals surface area contributed by atoms with E-state index in [1.54, 1.807) is 31.4 Å². The van der Waals surface area contributed by atoms with Crippen molar-refractivity contribution in [3.05, 3.63) is 78.2 Å². The van der Waals surface area contributed by atoms with Crippen LogP contribution in [0.2, 0.25) is 0 Å². The molecule has 0 spiro atoms. The van der Waals surface area contributed by atoms with Gasteiger partial charge in [0.1, 0.15) is 28.6 Å². The number of nitrogens with zero attached hydrogens (tertiary/aromatic N) is 3. The number of hydrogen-bond acceptors (Lipinski definition) is 7. The number of amides is 2. The molecule has 5 N–H and O–H groups in total. The lowest BCUT2D eigenvalue weighted by molar-refractivity contribution is -0.115. The maximum atomic E-state index is 12.4. The summed E-state index contributed by atoms with van der Waals surface area (Å²) in [6.45, 7) is 0. The summed E-state index contributed by atoms with van der Waals surface area (Å²) in [7, 11) is 1.58. The van der Waals surface area contributed by atoms with Gasteiger partial charge in [0.2, 0.25) is 5.91 Å². The first-order valence-electron chi connectivity index (χ1n) is 9.98. The number of carbonyl (C=O) groups excluding carboxylic acids is 2. The molecule has 0 saturated heterocycles. The Morgan fingerprint density at radius 3 is 2.64 bits per heavy atom. The van der Waals surface area contributed by atoms with Gasteiger partial charge in [-0.2, -0.15) is 5.10 Å². The van der Waals surface area contributed by atoms with Crippen molar-refractivity contribution in [1.82, 2.24) is 20.2 Å². The average Bonchev–Trinajstić information content (AvgIpc) is 3.24. The summed E-state index contributed by atoms with van der Waals surface area (Å²) in [4.78, 5) is 32.6. The van der Waals surface area contributed by atoms with E-state index in [0.717, 1.165) is 5.56 Å². The van der Waals surface area contributed by atoms with Gasteiger partial charge in [-0.05, 0) is 29.8 Å². The normalized spacial score (nSPS) is 10.5. The van der Waals surface area contributed by atoms with E-state index in [1.807, 2.05) is 24.3 Å². The number of anilines is 3. The lowest BCUT2D eigenvalue weighted by atomic mass is 10.1. The third-order valence-corrected chi connectivity index (χ3v) is 4.77. The monoisotopic (exact) mass is 443 g/mol.